The predicted molar refractivity (Wildman–Crippen MR) is 112 cm³/mol. The number of nitrogens with zero attached hydrogens (tertiary/aromatic N) is 3. The summed E-state index contributed by atoms with van der Waals surface area (Å²) in [7, 11) is 0. The third-order valence-corrected chi connectivity index (χ3v) is 7.02. The molecule has 2 aliphatic heterocycles. The number of halogens is 2. The van der Waals surface area contributed by atoms with E-state index in [1.165, 1.54) is 12.8 Å². The maximum absolute atomic E-state index is 13.1. The van der Waals surface area contributed by atoms with Crippen LogP contribution in [0.25, 0.3) is 0 Å². The molecule has 0 radical (unpaired) electrons. The number of nitrogens with one attached hydrogen (secondary N) is 1. The van der Waals surface area contributed by atoms with Crippen LogP contribution in [0.1, 0.15) is 38.5 Å². The highest BCUT2D eigenvalue weighted by Crippen LogP contribution is 2.48. The minimum atomic E-state index is -0.194. The van der Waals surface area contributed by atoms with E-state index in [-0.39, 0.29) is 36.1 Å². The fraction of sp³-hybridized carbons (Fsp3) is 0.800. The smallest absolute Gasteiger partial charge is 0.228 e. The molecular weight excluding hydrogens is 399 g/mol. The van der Waals surface area contributed by atoms with Crippen molar-refractivity contribution in [2.75, 3.05) is 26.3 Å². The van der Waals surface area contributed by atoms with E-state index in [0.29, 0.717) is 18.0 Å². The Hall–Kier alpha value is -0.820. The minimum absolute atomic E-state index is 0. The summed E-state index contributed by atoms with van der Waals surface area (Å²) in [6, 6.07) is 0.978. The molecule has 2 atom stereocenters. The molecule has 2 saturated carbocycles. The fourth-order valence-corrected chi connectivity index (χ4v) is 5.02. The summed E-state index contributed by atoms with van der Waals surface area (Å²) < 4.78 is 7.59. The average Bonchev–Trinajstić information content (AvgIpc) is 3.56. The summed E-state index contributed by atoms with van der Waals surface area (Å²) in [6.45, 7) is 4.73. The predicted octanol–water partition coefficient (Wildman–Crippen LogP) is 2.51. The van der Waals surface area contributed by atoms with Gasteiger partial charge in [0.2, 0.25) is 5.91 Å². The number of carbonyl (C=O) groups is 1. The zero-order valence-corrected chi connectivity index (χ0v) is 17.9. The molecular formula is C20H32Cl2N4O2. The lowest BCUT2D eigenvalue weighted by Crippen LogP contribution is -2.46. The highest BCUT2D eigenvalue weighted by Gasteiger charge is 2.52. The molecule has 1 aromatic rings. The standard InChI is InChI=1S/C20H30N4O2.2ClH/c25-19(20(5-6-20)13-23-8-7-21-14-23)22-18-12-24(11-17(18)15-1-2-15)16-3-9-26-10-4-16;;/h7-8,14-18H,1-6,9-13H2,(H,22,25);2*1H/t17-,18+;;/m1../s1. The molecule has 1 amide bonds. The van der Waals surface area contributed by atoms with Gasteiger partial charge in [0.25, 0.3) is 0 Å². The number of ether oxygens (including phenoxy) is 1. The average molecular weight is 431 g/mol. The number of amides is 1. The summed E-state index contributed by atoms with van der Waals surface area (Å²) in [5.74, 6) is 1.75. The number of aromatic nitrogens is 2. The normalized spacial score (nSPS) is 29.6. The van der Waals surface area contributed by atoms with Crippen molar-refractivity contribution in [3.8, 4) is 0 Å². The van der Waals surface area contributed by atoms with Gasteiger partial charge in [-0.25, -0.2) is 4.98 Å². The Morgan fingerprint density at radius 1 is 1.14 bits per heavy atom. The molecule has 0 bridgehead atoms. The molecule has 0 aromatic carbocycles. The Balaban J connectivity index is 0.00000112. The van der Waals surface area contributed by atoms with Crippen LogP contribution >= 0.6 is 24.8 Å². The molecule has 1 N–H and O–H groups in total. The number of carbonyl (C=O) groups excluding carboxylic acids is 1. The number of imidazole rings is 1. The molecule has 28 heavy (non-hydrogen) atoms. The van der Waals surface area contributed by atoms with Gasteiger partial charge in [-0.1, -0.05) is 0 Å². The summed E-state index contributed by atoms with van der Waals surface area (Å²) in [4.78, 5) is 19.9. The Labute approximate surface area is 179 Å². The molecule has 1 aromatic heterocycles. The topological polar surface area (TPSA) is 59.4 Å². The highest BCUT2D eigenvalue weighted by molar-refractivity contribution is 5.86. The molecule has 2 aliphatic carbocycles. The summed E-state index contributed by atoms with van der Waals surface area (Å²) in [6.07, 6.45) is 12.6. The Kier molecular flexibility index (Phi) is 6.96. The fourth-order valence-electron chi connectivity index (χ4n) is 5.02. The summed E-state index contributed by atoms with van der Waals surface area (Å²) in [5, 5.41) is 3.49. The van der Waals surface area contributed by atoms with E-state index >= 15 is 0 Å². The number of likely N-dealkylation sites (tertiary alicyclic amines) is 1. The Bertz CT molecular complexity index is 643. The molecule has 4 fully saturated rings. The maximum Gasteiger partial charge on any atom is 0.228 e. The number of hydrogen-bond acceptors (Lipinski definition) is 4. The SMILES string of the molecule is Cl.Cl.O=C(N[C@H]1CN(C2CCOCC2)C[C@@H]1C1CC1)C1(Cn2ccnc2)CC1. The van der Waals surface area contributed by atoms with Gasteiger partial charge in [0.1, 0.15) is 0 Å². The Morgan fingerprint density at radius 2 is 1.89 bits per heavy atom. The van der Waals surface area contributed by atoms with Gasteiger partial charge in [0, 0.05) is 57.3 Å². The third-order valence-electron chi connectivity index (χ3n) is 7.02. The van der Waals surface area contributed by atoms with Crippen molar-refractivity contribution in [2.45, 2.75) is 57.2 Å². The monoisotopic (exact) mass is 430 g/mol. The van der Waals surface area contributed by atoms with Gasteiger partial charge in [-0.15, -0.1) is 24.8 Å². The van der Waals surface area contributed by atoms with E-state index in [0.717, 1.165) is 64.4 Å². The van der Waals surface area contributed by atoms with Crippen LogP contribution in [0.3, 0.4) is 0 Å². The van der Waals surface area contributed by atoms with Gasteiger partial charge in [0.05, 0.1) is 11.7 Å². The second-order valence-corrected chi connectivity index (χ2v) is 8.89. The van der Waals surface area contributed by atoms with Gasteiger partial charge >= 0.3 is 0 Å². The van der Waals surface area contributed by atoms with E-state index in [9.17, 15) is 4.79 Å². The molecule has 158 valence electrons. The first-order valence-corrected chi connectivity index (χ1v) is 10.3. The molecule has 5 rings (SSSR count). The first-order chi connectivity index (χ1) is 12.7. The van der Waals surface area contributed by atoms with Crippen LogP contribution in [-0.2, 0) is 16.1 Å². The summed E-state index contributed by atoms with van der Waals surface area (Å²) in [5.41, 5.74) is -0.194. The zero-order valence-electron chi connectivity index (χ0n) is 16.3. The number of rotatable bonds is 6. The van der Waals surface area contributed by atoms with Crippen molar-refractivity contribution in [1.82, 2.24) is 19.8 Å². The van der Waals surface area contributed by atoms with Crippen LogP contribution < -0.4 is 5.32 Å². The van der Waals surface area contributed by atoms with E-state index in [1.54, 1.807) is 6.20 Å². The first kappa shape index (κ1) is 21.9. The quantitative estimate of drug-likeness (QED) is 0.752. The second kappa shape index (κ2) is 8.90. The number of hydrogen-bond donors (Lipinski definition) is 1. The van der Waals surface area contributed by atoms with Crippen LogP contribution in [0.2, 0.25) is 0 Å². The van der Waals surface area contributed by atoms with Crippen molar-refractivity contribution in [2.24, 2.45) is 17.3 Å². The molecule has 2 saturated heterocycles. The summed E-state index contributed by atoms with van der Waals surface area (Å²) >= 11 is 0. The van der Waals surface area contributed by atoms with E-state index < -0.39 is 0 Å². The van der Waals surface area contributed by atoms with E-state index in [4.69, 9.17) is 4.74 Å². The van der Waals surface area contributed by atoms with Gasteiger partial charge in [-0.05, 0) is 50.4 Å². The molecule has 8 heteroatoms. The molecule has 0 unspecified atom stereocenters. The second-order valence-electron chi connectivity index (χ2n) is 8.89. The van der Waals surface area contributed by atoms with Crippen molar-refractivity contribution in [1.29, 1.82) is 0 Å². The van der Waals surface area contributed by atoms with Crippen LogP contribution in [0.5, 0.6) is 0 Å². The van der Waals surface area contributed by atoms with Gasteiger partial charge < -0.3 is 14.6 Å². The van der Waals surface area contributed by atoms with Crippen LogP contribution in [-0.4, -0.2) is 58.7 Å². The molecule has 6 nitrogen and oxygen atoms in total. The zero-order chi connectivity index (χ0) is 17.6. The van der Waals surface area contributed by atoms with E-state index in [1.807, 2.05) is 17.1 Å². The van der Waals surface area contributed by atoms with Crippen molar-refractivity contribution in [3.63, 3.8) is 0 Å². The van der Waals surface area contributed by atoms with Gasteiger partial charge in [0.15, 0.2) is 0 Å². The third kappa shape index (κ3) is 4.50. The Morgan fingerprint density at radius 3 is 2.50 bits per heavy atom. The van der Waals surface area contributed by atoms with Crippen LogP contribution in [0.4, 0.5) is 0 Å². The maximum atomic E-state index is 13.1. The first-order valence-electron chi connectivity index (χ1n) is 10.3. The molecule has 0 spiro atoms. The highest BCUT2D eigenvalue weighted by atomic mass is 35.5. The molecule has 3 heterocycles. The van der Waals surface area contributed by atoms with Gasteiger partial charge in [-0.3, -0.25) is 9.69 Å². The lowest BCUT2D eigenvalue weighted by atomic mass is 9.96. The minimum Gasteiger partial charge on any atom is -0.381 e. The van der Waals surface area contributed by atoms with Crippen molar-refractivity contribution >= 4 is 30.7 Å². The van der Waals surface area contributed by atoms with Gasteiger partial charge in [-0.2, -0.15) is 0 Å². The van der Waals surface area contributed by atoms with Crippen LogP contribution in [0, 0.1) is 17.3 Å². The lowest BCUT2D eigenvalue weighted by molar-refractivity contribution is -0.127. The van der Waals surface area contributed by atoms with E-state index in [2.05, 4.69) is 15.2 Å². The van der Waals surface area contributed by atoms with Crippen LogP contribution in [0.15, 0.2) is 18.7 Å². The molecule has 4 aliphatic rings. The lowest BCUT2D eigenvalue weighted by Gasteiger charge is -2.31. The van der Waals surface area contributed by atoms with Crippen molar-refractivity contribution in [3.05, 3.63) is 18.7 Å². The largest absolute Gasteiger partial charge is 0.381 e. The van der Waals surface area contributed by atoms with Crippen molar-refractivity contribution < 1.29 is 9.53 Å².